The first kappa shape index (κ1) is 38.2. The van der Waals surface area contributed by atoms with E-state index in [0.717, 1.165) is 41.7 Å². The normalized spacial score (nSPS) is 33.1. The average Bonchev–Trinajstić information content (AvgIpc) is 3.74. The van der Waals surface area contributed by atoms with Crippen LogP contribution in [0.5, 0.6) is 0 Å². The van der Waals surface area contributed by atoms with E-state index in [1.165, 1.54) is 12.5 Å². The molecule has 9 atom stereocenters. The number of anilines is 1. The Morgan fingerprint density at radius 2 is 1.94 bits per heavy atom. The summed E-state index contributed by atoms with van der Waals surface area (Å²) < 4.78 is 17.7. The first-order valence-corrected chi connectivity index (χ1v) is 18.9. The van der Waals surface area contributed by atoms with Gasteiger partial charge >= 0.3 is 5.97 Å². The Morgan fingerprint density at radius 1 is 1.15 bits per heavy atom. The lowest BCUT2D eigenvalue weighted by molar-refractivity contribution is -0.142. The first-order valence-electron chi connectivity index (χ1n) is 18.9. The minimum Gasteiger partial charge on any atom is -0.465 e. The molecular formula is C40H55N3O9. The van der Waals surface area contributed by atoms with Crippen molar-refractivity contribution in [3.05, 3.63) is 52.1 Å². The Balaban J connectivity index is 1.15. The average molecular weight is 722 g/mol. The molecule has 12 heteroatoms. The van der Waals surface area contributed by atoms with Crippen LogP contribution in [0.15, 0.2) is 41.0 Å². The van der Waals surface area contributed by atoms with Gasteiger partial charge in [-0.2, -0.15) is 0 Å². The number of hydrogen-bond acceptors (Lipinski definition) is 10. The largest absolute Gasteiger partial charge is 0.465 e. The van der Waals surface area contributed by atoms with Gasteiger partial charge < -0.3 is 34.6 Å². The fourth-order valence-corrected chi connectivity index (χ4v) is 9.34. The third-order valence-corrected chi connectivity index (χ3v) is 12.3. The van der Waals surface area contributed by atoms with Gasteiger partial charge in [0.05, 0.1) is 25.4 Å². The number of carbonyl (C=O) groups excluding carboxylic acids is 4. The molecule has 0 bridgehead atoms. The van der Waals surface area contributed by atoms with Crippen molar-refractivity contribution in [2.24, 2.45) is 29.1 Å². The van der Waals surface area contributed by atoms with E-state index in [-0.39, 0.29) is 54.5 Å². The zero-order valence-corrected chi connectivity index (χ0v) is 31.1. The predicted octanol–water partition coefficient (Wildman–Crippen LogP) is 3.90. The van der Waals surface area contributed by atoms with Crippen LogP contribution in [-0.2, 0) is 35.1 Å². The molecule has 1 aromatic rings. The second-order valence-corrected chi connectivity index (χ2v) is 15.6. The molecule has 4 N–H and O–H groups in total. The Kier molecular flexibility index (Phi) is 11.6. The number of esters is 1. The van der Waals surface area contributed by atoms with Crippen LogP contribution in [0.4, 0.5) is 5.69 Å². The second-order valence-electron chi connectivity index (χ2n) is 15.6. The van der Waals surface area contributed by atoms with Crippen molar-refractivity contribution < 1.29 is 43.6 Å². The number of aliphatic hydroxyl groups excluding tert-OH is 2. The molecule has 2 aliphatic heterocycles. The van der Waals surface area contributed by atoms with E-state index >= 15 is 0 Å². The lowest BCUT2D eigenvalue weighted by Crippen LogP contribution is -2.52. The smallest absolute Gasteiger partial charge is 0.302 e. The minimum absolute atomic E-state index is 0.0813. The molecule has 2 heterocycles. The van der Waals surface area contributed by atoms with E-state index < -0.39 is 35.7 Å². The molecule has 3 amide bonds. The summed E-state index contributed by atoms with van der Waals surface area (Å²) in [5, 5.41) is 29.7. The van der Waals surface area contributed by atoms with Gasteiger partial charge in [-0.3, -0.25) is 24.5 Å². The molecule has 284 valence electrons. The number of methoxy groups -OCH3 is 1. The fourth-order valence-electron chi connectivity index (χ4n) is 9.34. The number of benzene rings is 1. The molecule has 6 rings (SSSR count). The topological polar surface area (TPSA) is 164 Å². The number of piperidine rings is 1. The Hall–Kier alpha value is -3.58. The number of aliphatic hydroxyl groups is 2. The van der Waals surface area contributed by atoms with E-state index in [0.29, 0.717) is 51.1 Å². The molecule has 2 fully saturated rings. The molecule has 1 saturated carbocycles. The summed E-state index contributed by atoms with van der Waals surface area (Å²) in [6.45, 7) is 9.63. The highest BCUT2D eigenvalue weighted by atomic mass is 16.5. The van der Waals surface area contributed by atoms with Crippen LogP contribution >= 0.6 is 0 Å². The van der Waals surface area contributed by atoms with Crippen LogP contribution in [0, 0.1) is 29.1 Å². The number of nitrogens with zero attached hydrogens (tertiary/aromatic N) is 1. The number of fused-ring (bicyclic) bond motifs is 3. The molecule has 1 saturated heterocycles. The van der Waals surface area contributed by atoms with Gasteiger partial charge in [0.15, 0.2) is 0 Å². The molecule has 1 aromatic carbocycles. The van der Waals surface area contributed by atoms with Crippen molar-refractivity contribution in [3.8, 4) is 0 Å². The maximum atomic E-state index is 13.2. The zero-order chi connectivity index (χ0) is 37.3. The lowest BCUT2D eigenvalue weighted by Gasteiger charge is -2.43. The first-order chi connectivity index (χ1) is 24.8. The van der Waals surface area contributed by atoms with Gasteiger partial charge in [0, 0.05) is 74.2 Å². The van der Waals surface area contributed by atoms with Crippen molar-refractivity contribution in [1.29, 1.82) is 0 Å². The number of rotatable bonds is 13. The number of amides is 3. The van der Waals surface area contributed by atoms with Gasteiger partial charge in [-0.1, -0.05) is 37.1 Å². The summed E-state index contributed by atoms with van der Waals surface area (Å²) in [5.41, 5.74) is 4.61. The number of carbonyl (C=O) groups is 4. The van der Waals surface area contributed by atoms with Crippen LogP contribution in [0.25, 0.3) is 0 Å². The van der Waals surface area contributed by atoms with Crippen LogP contribution in [-0.4, -0.2) is 96.6 Å². The second kappa shape index (κ2) is 15.8. The Morgan fingerprint density at radius 3 is 2.67 bits per heavy atom. The van der Waals surface area contributed by atoms with Crippen LogP contribution in [0.1, 0.15) is 88.6 Å². The minimum atomic E-state index is -0.805. The molecule has 12 nitrogen and oxygen atoms in total. The van der Waals surface area contributed by atoms with Gasteiger partial charge in [-0.25, -0.2) is 0 Å². The molecule has 5 aliphatic rings. The molecule has 52 heavy (non-hydrogen) atoms. The summed E-state index contributed by atoms with van der Waals surface area (Å²) in [7, 11) is 1.71. The quantitative estimate of drug-likeness (QED) is 0.102. The van der Waals surface area contributed by atoms with Crippen molar-refractivity contribution in [2.45, 2.75) is 104 Å². The highest BCUT2D eigenvalue weighted by Crippen LogP contribution is 2.55. The van der Waals surface area contributed by atoms with Crippen molar-refractivity contribution in [1.82, 2.24) is 10.2 Å². The summed E-state index contributed by atoms with van der Waals surface area (Å²) in [6, 6.07) is 4.87. The van der Waals surface area contributed by atoms with Crippen molar-refractivity contribution in [2.75, 3.05) is 38.8 Å². The number of nitrogens with one attached hydrogen (secondary N) is 2. The van der Waals surface area contributed by atoms with Crippen LogP contribution in [0.3, 0.4) is 0 Å². The van der Waals surface area contributed by atoms with Gasteiger partial charge in [0.25, 0.3) is 5.91 Å². The van der Waals surface area contributed by atoms with E-state index in [1.54, 1.807) is 18.1 Å². The number of ether oxygens (including phenoxy) is 3. The Labute approximate surface area is 306 Å². The monoisotopic (exact) mass is 721 g/mol. The maximum absolute atomic E-state index is 13.2. The van der Waals surface area contributed by atoms with Gasteiger partial charge in [0.1, 0.15) is 12.1 Å². The van der Waals surface area contributed by atoms with E-state index in [9.17, 15) is 29.4 Å². The van der Waals surface area contributed by atoms with Crippen molar-refractivity contribution >= 4 is 29.4 Å². The SMILES string of the molecule is COC[C@H]1CC[C@@H]2/C1=C\[C@]1(C)C(=C([C@H](C)COC(C)=O)C[C@@H]1O)[C@@H](OCCCCNc1cccc3c1CN(C1CCC(=O)NC1=O)C3=O)[C@H](O)[C@@H]2C. The molecule has 3 aliphatic carbocycles. The predicted molar refractivity (Wildman–Crippen MR) is 193 cm³/mol. The Bertz CT molecular complexity index is 1620. The molecule has 0 aromatic heterocycles. The number of unbranched alkanes of at least 4 members (excludes halogenated alkanes) is 1. The van der Waals surface area contributed by atoms with Crippen LogP contribution in [0.2, 0.25) is 0 Å². The van der Waals surface area contributed by atoms with E-state index in [4.69, 9.17) is 14.2 Å². The third kappa shape index (κ3) is 7.31. The van der Waals surface area contributed by atoms with Gasteiger partial charge in [-0.15, -0.1) is 0 Å². The van der Waals surface area contributed by atoms with Crippen molar-refractivity contribution in [3.63, 3.8) is 0 Å². The number of hydrogen-bond donors (Lipinski definition) is 4. The summed E-state index contributed by atoms with van der Waals surface area (Å²) in [6.07, 6.45) is 4.40. The standard InChI is InChI=1S/C40H55N3O9/c1-22(20-52-24(3)44)28-17-33(45)40(4)18-29-25(21-50-5)11-12-26(29)23(2)36(47)37(35(28)40)51-16-7-6-15-41-31-10-8-9-27-30(31)19-43(39(27)49)32-13-14-34(46)42-38(32)48/h8-10,18,22-23,25-26,32-33,36-37,41,45,47H,6-7,11-17,19-21H2,1-5H3,(H,42,46,48)/b29-18-/t22-,23-,25-,26+,32?,33+,36-,37-,40+/m1/s1. The van der Waals surface area contributed by atoms with Gasteiger partial charge in [0.2, 0.25) is 11.8 Å². The maximum Gasteiger partial charge on any atom is 0.302 e. The molecule has 1 unspecified atom stereocenters. The molecule has 0 radical (unpaired) electrons. The highest BCUT2D eigenvalue weighted by molar-refractivity contribution is 6.06. The van der Waals surface area contributed by atoms with Gasteiger partial charge in [-0.05, 0) is 75.0 Å². The highest BCUT2D eigenvalue weighted by Gasteiger charge is 2.53. The summed E-state index contributed by atoms with van der Waals surface area (Å²) in [4.78, 5) is 50.7. The fraction of sp³-hybridized carbons (Fsp3) is 0.650. The molecular weight excluding hydrogens is 666 g/mol. The van der Waals surface area contributed by atoms with E-state index in [1.807, 2.05) is 19.1 Å². The molecule has 0 spiro atoms. The lowest BCUT2D eigenvalue weighted by atomic mass is 9.68. The summed E-state index contributed by atoms with van der Waals surface area (Å²) in [5.74, 6) is -1.17. The summed E-state index contributed by atoms with van der Waals surface area (Å²) >= 11 is 0. The number of imide groups is 1. The zero-order valence-electron chi connectivity index (χ0n) is 31.1. The van der Waals surface area contributed by atoms with Crippen LogP contribution < -0.4 is 10.6 Å². The third-order valence-electron chi connectivity index (χ3n) is 12.3. The van der Waals surface area contributed by atoms with E-state index in [2.05, 4.69) is 30.6 Å².